The molecule has 0 spiro atoms. The molecule has 2 aliphatic heterocycles. The molecule has 22 N–H and O–H groups in total. The first-order chi connectivity index (χ1) is 26.7. The fourth-order valence-electron chi connectivity index (χ4n) is 5.44. The van der Waals surface area contributed by atoms with Crippen molar-refractivity contribution in [2.75, 3.05) is 19.8 Å². The van der Waals surface area contributed by atoms with E-state index in [2.05, 4.69) is 28.3 Å². The van der Waals surface area contributed by atoms with Gasteiger partial charge >= 0.3 is 0 Å². The Bertz CT molecular complexity index is 1170. The van der Waals surface area contributed by atoms with E-state index in [0.717, 1.165) is 27.7 Å². The fraction of sp³-hybridized carbons (Fsp3) is 0.839. The highest BCUT2D eigenvalue weighted by atomic mass is 16.7. The molecule has 3 fully saturated rings. The monoisotopic (exact) mass is 855 g/mol. The molecule has 1 aliphatic carbocycles. The average molecular weight is 856 g/mol. The maximum Gasteiger partial charge on any atom is 0.249 e. The molecule has 0 radical (unpaired) electrons. The summed E-state index contributed by atoms with van der Waals surface area (Å²) in [6, 6.07) is -3.55. The van der Waals surface area contributed by atoms with Crippen molar-refractivity contribution in [1.82, 2.24) is 5.32 Å². The number of carboxylic acids is 4. The zero-order valence-electron chi connectivity index (χ0n) is 32.5. The van der Waals surface area contributed by atoms with Crippen LogP contribution < -0.4 is 48.7 Å². The van der Waals surface area contributed by atoms with Crippen LogP contribution in [0.2, 0.25) is 0 Å². The molecule has 3 rings (SSSR count). The highest BCUT2D eigenvalue weighted by molar-refractivity contribution is 5.80. The minimum atomic E-state index is -1.71. The molecule has 2 heterocycles. The largest absolute Gasteiger partial charge is 0.550 e. The van der Waals surface area contributed by atoms with Crippen molar-refractivity contribution in [2.24, 2.45) is 0 Å². The highest BCUT2D eigenvalue weighted by Gasteiger charge is 2.54. The number of quaternary nitrogens is 4. The summed E-state index contributed by atoms with van der Waals surface area (Å²) in [6.45, 7) is 2.91. The van der Waals surface area contributed by atoms with Crippen molar-refractivity contribution in [2.45, 2.75) is 144 Å². The molecule has 2 saturated heterocycles. The summed E-state index contributed by atoms with van der Waals surface area (Å²) < 4.78 is 22.9. The summed E-state index contributed by atoms with van der Waals surface area (Å²) >= 11 is 0. The van der Waals surface area contributed by atoms with Gasteiger partial charge in [-0.25, -0.2) is 0 Å². The van der Waals surface area contributed by atoms with Gasteiger partial charge in [0.05, 0.1) is 19.3 Å². The number of amides is 1. The summed E-state index contributed by atoms with van der Waals surface area (Å²) in [5.74, 6) is -5.19. The molecule has 27 heteroatoms. The minimum Gasteiger partial charge on any atom is -0.550 e. The molecule has 17 atom stereocenters. The maximum atomic E-state index is 12.8. The summed E-state index contributed by atoms with van der Waals surface area (Å²) in [7, 11) is 0. The zero-order valence-corrected chi connectivity index (χ0v) is 32.5. The van der Waals surface area contributed by atoms with Crippen LogP contribution in [0, 0.1) is 0 Å². The Kier molecular flexibility index (Phi) is 27.6. The molecule has 58 heavy (non-hydrogen) atoms. The molecule has 0 aromatic heterocycles. The third-order valence-corrected chi connectivity index (χ3v) is 8.10. The summed E-state index contributed by atoms with van der Waals surface area (Å²) in [4.78, 5) is 48.4. The molecule has 0 unspecified atom stereocenters. The van der Waals surface area contributed by atoms with Crippen molar-refractivity contribution >= 4 is 29.8 Å². The van der Waals surface area contributed by atoms with E-state index in [1.807, 2.05) is 0 Å². The van der Waals surface area contributed by atoms with Gasteiger partial charge in [-0.05, 0) is 27.7 Å². The van der Waals surface area contributed by atoms with Gasteiger partial charge in [0.2, 0.25) is 5.91 Å². The number of ether oxygens (including phenoxy) is 4. The van der Waals surface area contributed by atoms with Gasteiger partial charge < -0.3 is 133 Å². The molecule has 0 aromatic carbocycles. The molecule has 342 valence electrons. The van der Waals surface area contributed by atoms with Crippen molar-refractivity contribution in [1.29, 1.82) is 0 Å². The van der Waals surface area contributed by atoms with Crippen molar-refractivity contribution < 1.29 is 132 Å². The quantitative estimate of drug-likeness (QED) is 0.0917. The molecule has 0 bridgehead atoms. The second-order valence-electron chi connectivity index (χ2n) is 13.2. The Morgan fingerprint density at radius 2 is 1.14 bits per heavy atom. The van der Waals surface area contributed by atoms with Gasteiger partial charge in [0.15, 0.2) is 18.7 Å². The van der Waals surface area contributed by atoms with Crippen LogP contribution in [0.1, 0.15) is 40.5 Å². The lowest BCUT2D eigenvalue weighted by atomic mass is 9.83. The number of hydrogen-bond donors (Lipinski definition) is 14. The Balaban J connectivity index is 0. The van der Waals surface area contributed by atoms with Crippen LogP contribution >= 0.6 is 0 Å². The van der Waals surface area contributed by atoms with Gasteiger partial charge in [-0.2, -0.15) is 0 Å². The van der Waals surface area contributed by atoms with Crippen LogP contribution in [0.5, 0.6) is 0 Å². The number of nitrogens with one attached hydrogen (secondary N) is 1. The van der Waals surface area contributed by atoms with E-state index in [1.54, 1.807) is 0 Å². The lowest BCUT2D eigenvalue weighted by Gasteiger charge is -2.47. The number of aliphatic carboxylic acids is 4. The molecule has 1 saturated carbocycles. The van der Waals surface area contributed by atoms with Gasteiger partial charge in [-0.3, -0.25) is 4.79 Å². The second-order valence-corrected chi connectivity index (χ2v) is 13.2. The molecule has 3 aliphatic rings. The van der Waals surface area contributed by atoms with Gasteiger partial charge in [0.1, 0.15) is 85.7 Å². The van der Waals surface area contributed by atoms with Crippen LogP contribution in [0.4, 0.5) is 0 Å². The molecular formula is C31H61N5O22. The number of rotatable bonds is 11. The number of hydrogen-bond acceptors (Lipinski definition) is 22. The minimum absolute atomic E-state index is 0.0272. The van der Waals surface area contributed by atoms with Crippen molar-refractivity contribution in [3.8, 4) is 0 Å². The molecule has 27 nitrogen and oxygen atoms in total. The van der Waals surface area contributed by atoms with Gasteiger partial charge in [0.25, 0.3) is 0 Å². The molecule has 0 aromatic rings. The topological polar surface area (TPSA) is 519 Å². The summed E-state index contributed by atoms with van der Waals surface area (Å²) in [5, 5.41) is 131. The van der Waals surface area contributed by atoms with Crippen molar-refractivity contribution in [3.05, 3.63) is 0 Å². The van der Waals surface area contributed by atoms with Crippen LogP contribution in [0.3, 0.4) is 0 Å². The van der Waals surface area contributed by atoms with Crippen molar-refractivity contribution in [3.63, 3.8) is 0 Å². The van der Waals surface area contributed by atoms with E-state index in [9.17, 15) is 50.8 Å². The van der Waals surface area contributed by atoms with E-state index in [-0.39, 0.29) is 26.0 Å². The number of aliphatic hydroxyl groups excluding tert-OH is 9. The standard InChI is InChI=1S/C23H45N5O14.4C2H4O2/c24-3-10-14(33)16(35)17(36)23(39-10)41-19-7(26)2-8(28-21(38)9(31)1-6(25)4-29)20(18(19)37)42-22-15(34)12(27)13(32)11(5-30)40-22;4*1-2(3)4/h6-20,22-23,29-37H,1-5,24-27H2,(H,28,38);4*1H3,(H,3,4)/t6-,7-,8+,9+,10+,11-,12+,13-,14+,15-,16-,17+,18-,19+,20-,22-,23+;;;;/m0..../s1. The van der Waals surface area contributed by atoms with E-state index < -0.39 is 140 Å². The molecule has 1 amide bonds. The van der Waals surface area contributed by atoms with Crippen LogP contribution in [-0.4, -0.2) is 199 Å². The first-order valence-corrected chi connectivity index (χ1v) is 17.6. The lowest BCUT2D eigenvalue weighted by molar-refractivity contribution is -0.494. The van der Waals surface area contributed by atoms with Crippen LogP contribution in [-0.2, 0) is 42.9 Å². The normalized spacial score (nSPS) is 35.2. The Morgan fingerprint density at radius 3 is 1.57 bits per heavy atom. The van der Waals surface area contributed by atoms with Crippen LogP contribution in [0.15, 0.2) is 0 Å². The van der Waals surface area contributed by atoms with E-state index in [4.69, 9.17) is 58.6 Å². The Morgan fingerprint density at radius 1 is 0.707 bits per heavy atom. The van der Waals surface area contributed by atoms with Crippen LogP contribution in [0.25, 0.3) is 0 Å². The number of aliphatic hydroxyl groups is 9. The number of carboxylic acid groups (broad SMARTS) is 4. The lowest BCUT2D eigenvalue weighted by Crippen LogP contribution is -2.80. The smallest absolute Gasteiger partial charge is 0.249 e. The second kappa shape index (κ2) is 28.2. The third kappa shape index (κ3) is 20.6. The summed E-state index contributed by atoms with van der Waals surface area (Å²) in [6.07, 6.45) is -19.0. The van der Waals surface area contributed by atoms with E-state index >= 15 is 0 Å². The molecular weight excluding hydrogens is 794 g/mol. The van der Waals surface area contributed by atoms with E-state index in [0.29, 0.717) is 0 Å². The van der Waals surface area contributed by atoms with Gasteiger partial charge in [-0.15, -0.1) is 0 Å². The van der Waals surface area contributed by atoms with Gasteiger partial charge in [-0.1, -0.05) is 0 Å². The van der Waals surface area contributed by atoms with Gasteiger partial charge in [0, 0.05) is 36.7 Å². The third-order valence-electron chi connectivity index (χ3n) is 8.10. The predicted molar refractivity (Wildman–Crippen MR) is 175 cm³/mol. The summed E-state index contributed by atoms with van der Waals surface area (Å²) in [5.41, 5.74) is 15.0. The average Bonchev–Trinajstić information content (AvgIpc) is 3.10. The number of carbonyl (C=O) groups excluding carboxylic acids is 5. The maximum absolute atomic E-state index is 12.8. The zero-order chi connectivity index (χ0) is 45.8. The Hall–Kier alpha value is -3.33. The predicted octanol–water partition coefficient (Wildman–Crippen LogP) is -16.9. The fourth-order valence-corrected chi connectivity index (χ4v) is 5.44. The first kappa shape index (κ1) is 56.8. The SMILES string of the molecule is CC(=O)[O-].CC(=O)[O-].CC(=O)[O-].CC(=O)[O-].[NH3+]C[C@H]1O[C@H](O[C@H]2[C@H](O)[C@@H](O[C@@H]3O[C@@H](CO)[C@H](O)[C@@H]([NH3+])[C@@H]3O)[C@H](NC(=O)[C@H](O)C[C@H]([NH3+])CO)C[C@@H]2[NH3+])[C@H](O)[C@@H](O)[C@@H]1O. The van der Waals surface area contributed by atoms with E-state index in [1.165, 1.54) is 0 Å². The number of carbonyl (C=O) groups is 5. The Labute approximate surface area is 331 Å². The highest BCUT2D eigenvalue weighted by Crippen LogP contribution is 2.31. The first-order valence-electron chi connectivity index (χ1n) is 17.6.